The van der Waals surface area contributed by atoms with Gasteiger partial charge in [0.15, 0.2) is 0 Å². The number of benzene rings is 2. The van der Waals surface area contributed by atoms with Crippen molar-refractivity contribution in [3.05, 3.63) is 64.7 Å². The number of rotatable bonds is 4. The molecule has 1 atom stereocenters. The van der Waals surface area contributed by atoms with Crippen LogP contribution in [0, 0.1) is 18.3 Å². The van der Waals surface area contributed by atoms with Crippen LogP contribution in [0.5, 0.6) is 5.75 Å². The number of aryl methyl sites for hydroxylation is 1. The molecule has 0 aliphatic rings. The Morgan fingerprint density at radius 2 is 2.05 bits per heavy atom. The van der Waals surface area contributed by atoms with Gasteiger partial charge in [0.05, 0.1) is 17.7 Å². The van der Waals surface area contributed by atoms with E-state index in [0.29, 0.717) is 17.9 Å². The fourth-order valence-corrected chi connectivity index (χ4v) is 2.02. The van der Waals surface area contributed by atoms with Gasteiger partial charge in [0.1, 0.15) is 12.4 Å². The van der Waals surface area contributed by atoms with Gasteiger partial charge in [-0.25, -0.2) is 0 Å². The molecule has 2 rings (SSSR count). The molecule has 102 valence electrons. The molecule has 0 bridgehead atoms. The SMILES string of the molecule is Cc1ccc(OCc2cccc(C#N)c2)c([C@@H](C)O)c1. The predicted molar refractivity (Wildman–Crippen MR) is 77.3 cm³/mol. The summed E-state index contributed by atoms with van der Waals surface area (Å²) in [5.74, 6) is 0.674. The number of nitriles is 1. The topological polar surface area (TPSA) is 53.2 Å². The molecule has 0 heterocycles. The van der Waals surface area contributed by atoms with Gasteiger partial charge < -0.3 is 9.84 Å². The molecule has 0 unspecified atom stereocenters. The van der Waals surface area contributed by atoms with Crippen molar-refractivity contribution in [1.82, 2.24) is 0 Å². The molecule has 0 aromatic heterocycles. The molecule has 0 fully saturated rings. The van der Waals surface area contributed by atoms with Crippen molar-refractivity contribution in [2.24, 2.45) is 0 Å². The van der Waals surface area contributed by atoms with Gasteiger partial charge in [0.25, 0.3) is 0 Å². The smallest absolute Gasteiger partial charge is 0.125 e. The van der Waals surface area contributed by atoms with Crippen molar-refractivity contribution >= 4 is 0 Å². The third-order valence-corrected chi connectivity index (χ3v) is 3.07. The van der Waals surface area contributed by atoms with Crippen LogP contribution in [0.25, 0.3) is 0 Å². The first kappa shape index (κ1) is 14.1. The molecule has 0 radical (unpaired) electrons. The van der Waals surface area contributed by atoms with Crippen LogP contribution in [0.2, 0.25) is 0 Å². The molecule has 2 aromatic rings. The Morgan fingerprint density at radius 1 is 1.25 bits per heavy atom. The van der Waals surface area contributed by atoms with Crippen LogP contribution in [0.4, 0.5) is 0 Å². The number of aliphatic hydroxyl groups is 1. The zero-order valence-corrected chi connectivity index (χ0v) is 11.6. The van der Waals surface area contributed by atoms with Crippen LogP contribution in [-0.4, -0.2) is 5.11 Å². The quantitative estimate of drug-likeness (QED) is 0.922. The van der Waals surface area contributed by atoms with Crippen LogP contribution >= 0.6 is 0 Å². The normalized spacial score (nSPS) is 11.7. The van der Waals surface area contributed by atoms with E-state index in [1.165, 1.54) is 0 Å². The minimum absolute atomic E-state index is 0.373. The van der Waals surface area contributed by atoms with Crippen molar-refractivity contribution in [3.63, 3.8) is 0 Å². The summed E-state index contributed by atoms with van der Waals surface area (Å²) in [6.07, 6.45) is -0.574. The van der Waals surface area contributed by atoms with E-state index in [9.17, 15) is 5.11 Å². The van der Waals surface area contributed by atoms with Crippen LogP contribution < -0.4 is 4.74 Å². The molecule has 2 aromatic carbocycles. The summed E-state index contributed by atoms with van der Waals surface area (Å²) in [6, 6.07) is 15.2. The highest BCUT2D eigenvalue weighted by molar-refractivity contribution is 5.39. The maximum Gasteiger partial charge on any atom is 0.125 e. The number of ether oxygens (including phenoxy) is 1. The van der Waals surface area contributed by atoms with Crippen molar-refractivity contribution in [2.45, 2.75) is 26.6 Å². The first-order valence-corrected chi connectivity index (χ1v) is 6.50. The van der Waals surface area contributed by atoms with E-state index in [4.69, 9.17) is 10.00 Å². The van der Waals surface area contributed by atoms with Gasteiger partial charge in [-0.05, 0) is 43.7 Å². The Balaban J connectivity index is 2.16. The molecule has 0 aliphatic carbocycles. The molecule has 0 aliphatic heterocycles. The van der Waals surface area contributed by atoms with Crippen LogP contribution in [0.15, 0.2) is 42.5 Å². The summed E-state index contributed by atoms with van der Waals surface area (Å²) in [6.45, 7) is 4.07. The third kappa shape index (κ3) is 3.37. The number of nitrogens with zero attached hydrogens (tertiary/aromatic N) is 1. The lowest BCUT2D eigenvalue weighted by Gasteiger charge is -2.14. The lowest BCUT2D eigenvalue weighted by molar-refractivity contribution is 0.190. The van der Waals surface area contributed by atoms with Crippen molar-refractivity contribution < 1.29 is 9.84 Å². The summed E-state index contributed by atoms with van der Waals surface area (Å²) >= 11 is 0. The summed E-state index contributed by atoms with van der Waals surface area (Å²) in [7, 11) is 0. The largest absolute Gasteiger partial charge is 0.489 e. The lowest BCUT2D eigenvalue weighted by atomic mass is 10.1. The Bertz CT molecular complexity index is 642. The Hall–Kier alpha value is -2.31. The zero-order valence-electron chi connectivity index (χ0n) is 11.6. The average Bonchev–Trinajstić information content (AvgIpc) is 2.46. The van der Waals surface area contributed by atoms with Crippen molar-refractivity contribution in [2.75, 3.05) is 0 Å². The highest BCUT2D eigenvalue weighted by Crippen LogP contribution is 2.27. The first-order chi connectivity index (χ1) is 9.60. The molecule has 0 amide bonds. The van der Waals surface area contributed by atoms with Crippen LogP contribution in [0.3, 0.4) is 0 Å². The molecule has 20 heavy (non-hydrogen) atoms. The number of hydrogen-bond donors (Lipinski definition) is 1. The van der Waals surface area contributed by atoms with E-state index in [1.807, 2.05) is 37.3 Å². The zero-order chi connectivity index (χ0) is 14.5. The van der Waals surface area contributed by atoms with E-state index >= 15 is 0 Å². The van der Waals surface area contributed by atoms with E-state index in [-0.39, 0.29) is 0 Å². The van der Waals surface area contributed by atoms with Gasteiger partial charge in [-0.3, -0.25) is 0 Å². The fourth-order valence-electron chi connectivity index (χ4n) is 2.02. The maximum absolute atomic E-state index is 9.79. The van der Waals surface area contributed by atoms with Gasteiger partial charge in [-0.2, -0.15) is 5.26 Å². The second kappa shape index (κ2) is 6.23. The third-order valence-electron chi connectivity index (χ3n) is 3.07. The second-order valence-corrected chi connectivity index (χ2v) is 4.82. The van der Waals surface area contributed by atoms with Gasteiger partial charge in [0.2, 0.25) is 0 Å². The summed E-state index contributed by atoms with van der Waals surface area (Å²) in [5, 5.41) is 18.7. The molecular formula is C17H17NO2. The van der Waals surface area contributed by atoms with E-state index in [2.05, 4.69) is 6.07 Å². The standard InChI is InChI=1S/C17H17NO2/c1-12-6-7-17(16(8-12)13(2)19)20-11-15-5-3-4-14(9-15)10-18/h3-9,13,19H,11H2,1-2H3/t13-/m1/s1. The lowest BCUT2D eigenvalue weighted by Crippen LogP contribution is -2.01. The van der Waals surface area contributed by atoms with E-state index in [1.54, 1.807) is 19.1 Å². The Morgan fingerprint density at radius 3 is 2.75 bits per heavy atom. The van der Waals surface area contributed by atoms with Crippen LogP contribution in [0.1, 0.15) is 35.3 Å². The molecular weight excluding hydrogens is 250 g/mol. The Kier molecular flexibility index (Phi) is 4.39. The first-order valence-electron chi connectivity index (χ1n) is 6.50. The van der Waals surface area contributed by atoms with Gasteiger partial charge in [-0.15, -0.1) is 0 Å². The molecule has 0 spiro atoms. The fraction of sp³-hybridized carbons (Fsp3) is 0.235. The van der Waals surface area contributed by atoms with Gasteiger partial charge in [0, 0.05) is 5.56 Å². The van der Waals surface area contributed by atoms with Crippen LogP contribution in [-0.2, 0) is 6.61 Å². The second-order valence-electron chi connectivity index (χ2n) is 4.82. The highest BCUT2D eigenvalue weighted by atomic mass is 16.5. The number of hydrogen-bond acceptors (Lipinski definition) is 3. The van der Waals surface area contributed by atoms with Crippen molar-refractivity contribution in [1.29, 1.82) is 5.26 Å². The van der Waals surface area contributed by atoms with Gasteiger partial charge in [-0.1, -0.05) is 23.8 Å². The molecule has 3 heteroatoms. The minimum Gasteiger partial charge on any atom is -0.489 e. The molecule has 0 saturated heterocycles. The summed E-state index contributed by atoms with van der Waals surface area (Å²) in [4.78, 5) is 0. The van der Waals surface area contributed by atoms with Gasteiger partial charge >= 0.3 is 0 Å². The predicted octanol–water partition coefficient (Wildman–Crippen LogP) is 3.50. The average molecular weight is 267 g/mol. The minimum atomic E-state index is -0.574. The van der Waals surface area contributed by atoms with E-state index < -0.39 is 6.10 Å². The van der Waals surface area contributed by atoms with Crippen molar-refractivity contribution in [3.8, 4) is 11.8 Å². The molecule has 0 saturated carbocycles. The molecule has 1 N–H and O–H groups in total. The number of aliphatic hydroxyl groups excluding tert-OH is 1. The molecule has 3 nitrogen and oxygen atoms in total. The Labute approximate surface area is 119 Å². The summed E-state index contributed by atoms with van der Waals surface area (Å²) < 4.78 is 5.77. The monoisotopic (exact) mass is 267 g/mol. The van der Waals surface area contributed by atoms with E-state index in [0.717, 1.165) is 16.7 Å². The highest BCUT2D eigenvalue weighted by Gasteiger charge is 2.09. The maximum atomic E-state index is 9.79. The summed E-state index contributed by atoms with van der Waals surface area (Å²) in [5.41, 5.74) is 3.41.